The Bertz CT molecular complexity index is 971. The molecule has 1 aliphatic carbocycles. The number of ether oxygens (including phenoxy) is 1. The van der Waals surface area contributed by atoms with E-state index in [9.17, 15) is 14.7 Å². The number of carbonyl (C=O) groups is 2. The molecule has 2 aromatic rings. The van der Waals surface area contributed by atoms with E-state index in [0.29, 0.717) is 11.3 Å². The van der Waals surface area contributed by atoms with Crippen molar-refractivity contribution in [1.29, 1.82) is 0 Å². The van der Waals surface area contributed by atoms with Crippen LogP contribution in [-0.2, 0) is 9.59 Å². The van der Waals surface area contributed by atoms with Crippen LogP contribution in [0.5, 0.6) is 5.75 Å². The van der Waals surface area contributed by atoms with Crippen molar-refractivity contribution in [1.82, 2.24) is 4.90 Å². The highest BCUT2D eigenvalue weighted by atomic mass is 16.5. The van der Waals surface area contributed by atoms with E-state index in [2.05, 4.69) is 0 Å². The normalized spacial score (nSPS) is 21.7. The fourth-order valence-corrected chi connectivity index (χ4v) is 4.51. The molecular weight excluding hydrogens is 366 g/mol. The molecule has 0 bridgehead atoms. The van der Waals surface area contributed by atoms with Gasteiger partial charge < -0.3 is 14.7 Å². The van der Waals surface area contributed by atoms with Crippen LogP contribution in [0.1, 0.15) is 48.4 Å². The Morgan fingerprint density at radius 2 is 1.69 bits per heavy atom. The summed E-state index contributed by atoms with van der Waals surface area (Å²) in [7, 11) is 1.57. The first-order chi connectivity index (χ1) is 14.0. The number of ketones is 1. The molecule has 1 atom stereocenters. The molecule has 1 heterocycles. The third-order valence-corrected chi connectivity index (χ3v) is 6.04. The molecule has 2 fully saturated rings. The second-order valence-electron chi connectivity index (χ2n) is 7.73. The second kappa shape index (κ2) is 7.74. The highest BCUT2D eigenvalue weighted by molar-refractivity contribution is 6.46. The van der Waals surface area contributed by atoms with Gasteiger partial charge in [0.25, 0.3) is 11.7 Å². The third kappa shape index (κ3) is 3.31. The summed E-state index contributed by atoms with van der Waals surface area (Å²) in [6.07, 6.45) is 3.87. The summed E-state index contributed by atoms with van der Waals surface area (Å²) in [5.74, 6) is -0.609. The molecule has 5 nitrogen and oxygen atoms in total. The molecule has 0 aromatic heterocycles. The number of amides is 1. The zero-order valence-corrected chi connectivity index (χ0v) is 16.7. The maximum atomic E-state index is 13.1. The van der Waals surface area contributed by atoms with Crippen molar-refractivity contribution in [2.45, 2.75) is 44.7 Å². The quantitative estimate of drug-likeness (QED) is 0.477. The van der Waals surface area contributed by atoms with E-state index in [0.717, 1.165) is 36.8 Å². The van der Waals surface area contributed by atoms with Crippen LogP contribution in [0.3, 0.4) is 0 Å². The molecule has 29 heavy (non-hydrogen) atoms. The minimum Gasteiger partial charge on any atom is -0.507 e. The van der Waals surface area contributed by atoms with Crippen LogP contribution in [0.4, 0.5) is 0 Å². The molecule has 1 N–H and O–H groups in total. The first-order valence-corrected chi connectivity index (χ1v) is 10.0. The molecule has 1 saturated carbocycles. The first-order valence-electron chi connectivity index (χ1n) is 10.0. The van der Waals surface area contributed by atoms with E-state index in [-0.39, 0.29) is 17.4 Å². The summed E-state index contributed by atoms with van der Waals surface area (Å²) in [6.45, 7) is 1.97. The van der Waals surface area contributed by atoms with Gasteiger partial charge in [-0.25, -0.2) is 0 Å². The zero-order chi connectivity index (χ0) is 20.5. The SMILES string of the molecule is COc1ccc(/C(O)=C2/C(=O)C(=O)N(C3CCCC3)C2c2ccccc2C)cc1. The zero-order valence-electron chi connectivity index (χ0n) is 16.7. The molecule has 4 rings (SSSR count). The number of hydrogen-bond donors (Lipinski definition) is 1. The number of aryl methyl sites for hydroxylation is 1. The van der Waals surface area contributed by atoms with Gasteiger partial charge in [0.2, 0.25) is 0 Å². The highest BCUT2D eigenvalue weighted by Gasteiger charge is 2.49. The van der Waals surface area contributed by atoms with E-state index >= 15 is 0 Å². The van der Waals surface area contributed by atoms with Crippen LogP contribution >= 0.6 is 0 Å². The lowest BCUT2D eigenvalue weighted by Gasteiger charge is -2.31. The smallest absolute Gasteiger partial charge is 0.295 e. The van der Waals surface area contributed by atoms with Crippen molar-refractivity contribution in [3.05, 3.63) is 70.8 Å². The monoisotopic (exact) mass is 391 g/mol. The molecule has 2 aliphatic rings. The number of benzene rings is 2. The van der Waals surface area contributed by atoms with Crippen molar-refractivity contribution < 1.29 is 19.4 Å². The number of hydrogen-bond acceptors (Lipinski definition) is 4. The lowest BCUT2D eigenvalue weighted by atomic mass is 9.92. The lowest BCUT2D eigenvalue weighted by Crippen LogP contribution is -2.37. The van der Waals surface area contributed by atoms with Gasteiger partial charge >= 0.3 is 0 Å². The predicted octanol–water partition coefficient (Wildman–Crippen LogP) is 4.37. The van der Waals surface area contributed by atoms with Gasteiger partial charge in [-0.15, -0.1) is 0 Å². The van der Waals surface area contributed by atoms with Crippen LogP contribution in [0.15, 0.2) is 54.1 Å². The molecule has 0 radical (unpaired) electrons. The minimum absolute atomic E-state index is 0.0252. The number of aliphatic hydroxyl groups excluding tert-OH is 1. The lowest BCUT2D eigenvalue weighted by molar-refractivity contribution is -0.141. The summed E-state index contributed by atoms with van der Waals surface area (Å²) >= 11 is 0. The molecule has 1 amide bonds. The van der Waals surface area contributed by atoms with Crippen molar-refractivity contribution in [2.24, 2.45) is 0 Å². The summed E-state index contributed by atoms with van der Waals surface area (Å²) in [6, 6.07) is 14.1. The average Bonchev–Trinajstić information content (AvgIpc) is 3.35. The maximum absolute atomic E-state index is 13.1. The number of nitrogens with zero attached hydrogens (tertiary/aromatic N) is 1. The molecule has 2 aromatic carbocycles. The molecular formula is C24H25NO4. The number of methoxy groups -OCH3 is 1. The van der Waals surface area contributed by atoms with Crippen LogP contribution in [0, 0.1) is 6.92 Å². The molecule has 150 valence electrons. The number of carbonyl (C=O) groups excluding carboxylic acids is 2. The third-order valence-electron chi connectivity index (χ3n) is 6.04. The van der Waals surface area contributed by atoms with Crippen LogP contribution in [-0.4, -0.2) is 34.8 Å². The van der Waals surface area contributed by atoms with Crippen molar-refractivity contribution in [2.75, 3.05) is 7.11 Å². The topological polar surface area (TPSA) is 66.8 Å². The predicted molar refractivity (Wildman–Crippen MR) is 111 cm³/mol. The van der Waals surface area contributed by atoms with Crippen LogP contribution in [0.2, 0.25) is 0 Å². The van der Waals surface area contributed by atoms with Gasteiger partial charge in [-0.3, -0.25) is 9.59 Å². The summed E-state index contributed by atoms with van der Waals surface area (Å²) in [5, 5.41) is 11.1. The summed E-state index contributed by atoms with van der Waals surface area (Å²) in [5.41, 5.74) is 2.53. The summed E-state index contributed by atoms with van der Waals surface area (Å²) < 4.78 is 5.18. The minimum atomic E-state index is -0.613. The Morgan fingerprint density at radius 1 is 1.03 bits per heavy atom. The van der Waals surface area contributed by atoms with E-state index in [1.807, 2.05) is 31.2 Å². The van der Waals surface area contributed by atoms with Gasteiger partial charge in [-0.05, 0) is 55.2 Å². The Kier molecular flexibility index (Phi) is 5.14. The van der Waals surface area contributed by atoms with Gasteiger partial charge in [0.15, 0.2) is 0 Å². The standard InChI is InChI=1S/C24H25NO4/c1-15-7-3-6-10-19(15)21-20(22(26)16-11-13-18(29-2)14-12-16)23(27)24(28)25(21)17-8-4-5-9-17/h3,6-7,10-14,17,21,26H,4-5,8-9H2,1-2H3/b22-20-. The molecule has 1 aliphatic heterocycles. The van der Waals surface area contributed by atoms with Gasteiger partial charge in [-0.1, -0.05) is 37.1 Å². The number of rotatable bonds is 4. The highest BCUT2D eigenvalue weighted by Crippen LogP contribution is 2.44. The van der Waals surface area contributed by atoms with Gasteiger partial charge in [0.05, 0.1) is 18.7 Å². The van der Waals surface area contributed by atoms with Crippen molar-refractivity contribution in [3.63, 3.8) is 0 Å². The fourth-order valence-electron chi connectivity index (χ4n) is 4.51. The molecule has 1 saturated heterocycles. The Balaban J connectivity index is 1.88. The number of likely N-dealkylation sites (tertiary alicyclic amines) is 1. The molecule has 0 spiro atoms. The fraction of sp³-hybridized carbons (Fsp3) is 0.333. The van der Waals surface area contributed by atoms with E-state index in [1.54, 1.807) is 36.3 Å². The van der Waals surface area contributed by atoms with Crippen molar-refractivity contribution in [3.8, 4) is 5.75 Å². The van der Waals surface area contributed by atoms with Crippen LogP contribution in [0.25, 0.3) is 5.76 Å². The number of aliphatic hydroxyl groups is 1. The van der Waals surface area contributed by atoms with Gasteiger partial charge in [0, 0.05) is 11.6 Å². The Labute approximate surface area is 170 Å². The van der Waals surface area contributed by atoms with E-state index < -0.39 is 17.7 Å². The maximum Gasteiger partial charge on any atom is 0.295 e. The second-order valence-corrected chi connectivity index (χ2v) is 7.73. The Hall–Kier alpha value is -3.08. The van der Waals surface area contributed by atoms with E-state index in [1.165, 1.54) is 0 Å². The van der Waals surface area contributed by atoms with Gasteiger partial charge in [0.1, 0.15) is 11.5 Å². The molecule has 5 heteroatoms. The summed E-state index contributed by atoms with van der Waals surface area (Å²) in [4.78, 5) is 27.8. The first kappa shape index (κ1) is 19.2. The largest absolute Gasteiger partial charge is 0.507 e. The average molecular weight is 391 g/mol. The molecule has 1 unspecified atom stereocenters. The van der Waals surface area contributed by atoms with Gasteiger partial charge in [-0.2, -0.15) is 0 Å². The van der Waals surface area contributed by atoms with Crippen LogP contribution < -0.4 is 4.74 Å². The Morgan fingerprint density at radius 3 is 2.31 bits per heavy atom. The van der Waals surface area contributed by atoms with Crippen molar-refractivity contribution >= 4 is 17.4 Å². The van der Waals surface area contributed by atoms with E-state index in [4.69, 9.17) is 4.74 Å². The number of Topliss-reactive ketones (excluding diaryl/α,β-unsaturated/α-hetero) is 1.